The van der Waals surface area contributed by atoms with E-state index < -0.39 is 12.1 Å². The van der Waals surface area contributed by atoms with E-state index in [0.717, 1.165) is 38.5 Å². The zero-order valence-corrected chi connectivity index (χ0v) is 45.9. The van der Waals surface area contributed by atoms with E-state index in [1.54, 1.807) is 6.08 Å². The molecule has 0 saturated carbocycles. The van der Waals surface area contributed by atoms with Gasteiger partial charge in [-0.2, -0.15) is 0 Å². The summed E-state index contributed by atoms with van der Waals surface area (Å²) in [5, 5.41) is 23.1. The molecular formula is C62H119NO5. The van der Waals surface area contributed by atoms with E-state index in [4.69, 9.17) is 4.74 Å². The fraction of sp³-hybridized carbons (Fsp3) is 0.903. The Morgan fingerprint density at radius 1 is 0.397 bits per heavy atom. The van der Waals surface area contributed by atoms with Crippen LogP contribution in [0.25, 0.3) is 0 Å². The number of aliphatic hydroxyl groups excluding tert-OH is 2. The van der Waals surface area contributed by atoms with Crippen LogP contribution in [0.1, 0.15) is 335 Å². The first-order valence-electron chi connectivity index (χ1n) is 30.6. The van der Waals surface area contributed by atoms with Crippen LogP contribution >= 0.6 is 0 Å². The Morgan fingerprint density at radius 2 is 0.691 bits per heavy atom. The van der Waals surface area contributed by atoms with Crippen molar-refractivity contribution in [1.82, 2.24) is 5.32 Å². The molecule has 0 saturated heterocycles. The number of esters is 1. The molecule has 68 heavy (non-hydrogen) atoms. The van der Waals surface area contributed by atoms with Crippen molar-refractivity contribution >= 4 is 11.9 Å². The summed E-state index contributed by atoms with van der Waals surface area (Å²) >= 11 is 0. The lowest BCUT2D eigenvalue weighted by atomic mass is 10.0. The number of nitrogens with one attached hydrogen (secondary N) is 1. The van der Waals surface area contributed by atoms with E-state index in [1.807, 2.05) is 6.08 Å². The molecule has 0 aliphatic rings. The van der Waals surface area contributed by atoms with Crippen molar-refractivity contribution in [2.45, 2.75) is 347 Å². The minimum absolute atomic E-state index is 0.0129. The van der Waals surface area contributed by atoms with Gasteiger partial charge in [0.2, 0.25) is 5.91 Å². The summed E-state index contributed by atoms with van der Waals surface area (Å²) in [7, 11) is 0. The monoisotopic (exact) mass is 958 g/mol. The third-order valence-corrected chi connectivity index (χ3v) is 14.2. The molecule has 0 heterocycles. The normalized spacial score (nSPS) is 12.7. The molecule has 0 rings (SSSR count). The second-order valence-corrected chi connectivity index (χ2v) is 21.0. The summed E-state index contributed by atoms with van der Waals surface area (Å²) < 4.78 is 5.47. The van der Waals surface area contributed by atoms with E-state index >= 15 is 0 Å². The van der Waals surface area contributed by atoms with Crippen LogP contribution < -0.4 is 5.32 Å². The Bertz CT molecular complexity index is 1060. The van der Waals surface area contributed by atoms with Gasteiger partial charge in [0, 0.05) is 12.8 Å². The van der Waals surface area contributed by atoms with Crippen LogP contribution in [0, 0.1) is 0 Å². The summed E-state index contributed by atoms with van der Waals surface area (Å²) in [5.74, 6) is -0.0566. The fourth-order valence-electron chi connectivity index (χ4n) is 9.51. The van der Waals surface area contributed by atoms with Crippen LogP contribution in [0.3, 0.4) is 0 Å². The fourth-order valence-corrected chi connectivity index (χ4v) is 9.51. The number of carbonyl (C=O) groups excluding carboxylic acids is 2. The highest BCUT2D eigenvalue weighted by atomic mass is 16.5. The molecule has 0 fully saturated rings. The Kier molecular flexibility index (Phi) is 56.5. The van der Waals surface area contributed by atoms with Gasteiger partial charge >= 0.3 is 5.97 Å². The van der Waals surface area contributed by atoms with Crippen LogP contribution in [0.4, 0.5) is 0 Å². The third-order valence-electron chi connectivity index (χ3n) is 14.2. The number of carbonyl (C=O) groups is 2. The molecule has 0 bridgehead atoms. The first-order valence-corrected chi connectivity index (χ1v) is 30.6. The minimum Gasteiger partial charge on any atom is -0.466 e. The maximum absolute atomic E-state index is 12.5. The molecule has 0 aromatic heterocycles. The van der Waals surface area contributed by atoms with Gasteiger partial charge in [-0.05, 0) is 57.8 Å². The van der Waals surface area contributed by atoms with Crippen molar-refractivity contribution in [1.29, 1.82) is 0 Å². The number of amides is 1. The SMILES string of the molecule is CCCCCCCCCCCCCCC/C=C/C(O)C(CO)NC(=O)CCCCCCCCCCC/C=C\CCCCCCCCCCCCCCOC(=O)CCCCCCCCCCCCC. The van der Waals surface area contributed by atoms with Crippen LogP contribution in [-0.4, -0.2) is 47.4 Å². The van der Waals surface area contributed by atoms with Crippen molar-refractivity contribution in [2.24, 2.45) is 0 Å². The first-order chi connectivity index (χ1) is 33.5. The molecule has 0 aromatic carbocycles. The number of hydrogen-bond donors (Lipinski definition) is 3. The van der Waals surface area contributed by atoms with E-state index in [0.29, 0.717) is 19.4 Å². The molecule has 2 unspecified atom stereocenters. The number of allylic oxidation sites excluding steroid dienone is 3. The van der Waals surface area contributed by atoms with Gasteiger partial charge in [0.15, 0.2) is 0 Å². The largest absolute Gasteiger partial charge is 0.466 e. The van der Waals surface area contributed by atoms with Crippen molar-refractivity contribution in [2.75, 3.05) is 13.2 Å². The van der Waals surface area contributed by atoms with Crippen LogP contribution in [-0.2, 0) is 14.3 Å². The molecule has 402 valence electrons. The lowest BCUT2D eigenvalue weighted by Crippen LogP contribution is -2.45. The van der Waals surface area contributed by atoms with Crippen LogP contribution in [0.15, 0.2) is 24.3 Å². The zero-order valence-electron chi connectivity index (χ0n) is 45.9. The van der Waals surface area contributed by atoms with Gasteiger partial charge in [-0.1, -0.05) is 289 Å². The number of unbranched alkanes of at least 4 members (excludes halogenated alkanes) is 44. The maximum Gasteiger partial charge on any atom is 0.305 e. The van der Waals surface area contributed by atoms with Gasteiger partial charge < -0.3 is 20.3 Å². The van der Waals surface area contributed by atoms with Crippen LogP contribution in [0.5, 0.6) is 0 Å². The average molecular weight is 959 g/mol. The highest BCUT2D eigenvalue weighted by molar-refractivity contribution is 5.76. The molecule has 2 atom stereocenters. The number of aliphatic hydroxyl groups is 2. The van der Waals surface area contributed by atoms with Gasteiger partial charge in [0.25, 0.3) is 0 Å². The van der Waals surface area contributed by atoms with Gasteiger partial charge in [-0.15, -0.1) is 0 Å². The molecule has 1 amide bonds. The smallest absolute Gasteiger partial charge is 0.305 e. The summed E-state index contributed by atoms with van der Waals surface area (Å²) in [6.45, 7) is 4.91. The second kappa shape index (κ2) is 57.9. The van der Waals surface area contributed by atoms with Crippen molar-refractivity contribution < 1.29 is 24.5 Å². The minimum atomic E-state index is -0.845. The predicted molar refractivity (Wildman–Crippen MR) is 296 cm³/mol. The second-order valence-electron chi connectivity index (χ2n) is 21.0. The van der Waals surface area contributed by atoms with Crippen molar-refractivity contribution in [3.8, 4) is 0 Å². The molecular weight excluding hydrogens is 839 g/mol. The third kappa shape index (κ3) is 53.7. The Labute approximate surface area is 424 Å². The van der Waals surface area contributed by atoms with E-state index in [-0.39, 0.29) is 18.5 Å². The number of hydrogen-bond acceptors (Lipinski definition) is 5. The average Bonchev–Trinajstić information content (AvgIpc) is 3.34. The molecule has 0 aromatic rings. The topological polar surface area (TPSA) is 95.9 Å². The maximum atomic E-state index is 12.5. The predicted octanol–water partition coefficient (Wildman–Crippen LogP) is 19.0. The molecule has 0 aliphatic carbocycles. The Hall–Kier alpha value is -1.66. The number of rotatable bonds is 57. The first kappa shape index (κ1) is 66.3. The lowest BCUT2D eigenvalue weighted by Gasteiger charge is -2.20. The van der Waals surface area contributed by atoms with E-state index in [9.17, 15) is 19.8 Å². The van der Waals surface area contributed by atoms with E-state index in [2.05, 4.69) is 31.3 Å². The quantitative estimate of drug-likeness (QED) is 0.0321. The standard InChI is InChI=1S/C62H119NO5/c1-3-5-7-9-11-13-15-16-28-31-35-38-42-46-50-54-60(65)59(58-64)63-61(66)55-51-47-43-39-36-32-29-26-24-22-20-18-17-19-21-23-25-27-30-33-37-41-45-49-53-57-68-62(67)56-52-48-44-40-34-14-12-10-8-6-4-2/h18,20,50,54,59-60,64-65H,3-17,19,21-49,51-53,55-58H2,1-2H3,(H,63,66)/b20-18-,54-50+. The molecule has 6 heteroatoms. The van der Waals surface area contributed by atoms with Crippen molar-refractivity contribution in [3.05, 3.63) is 24.3 Å². The summed E-state index contributed by atoms with van der Waals surface area (Å²) in [6.07, 6.45) is 70.7. The lowest BCUT2D eigenvalue weighted by molar-refractivity contribution is -0.143. The Balaban J connectivity index is 3.42. The summed E-state index contributed by atoms with van der Waals surface area (Å²) in [6, 6.07) is -0.629. The highest BCUT2D eigenvalue weighted by Gasteiger charge is 2.18. The van der Waals surface area contributed by atoms with Crippen LogP contribution in [0.2, 0.25) is 0 Å². The van der Waals surface area contributed by atoms with Gasteiger partial charge in [0.1, 0.15) is 0 Å². The molecule has 0 spiro atoms. The Morgan fingerprint density at radius 3 is 1.04 bits per heavy atom. The molecule has 0 aliphatic heterocycles. The van der Waals surface area contributed by atoms with E-state index in [1.165, 1.54) is 270 Å². The zero-order chi connectivity index (χ0) is 49.3. The van der Waals surface area contributed by atoms with Gasteiger partial charge in [-0.3, -0.25) is 9.59 Å². The summed E-state index contributed by atoms with van der Waals surface area (Å²) in [4.78, 5) is 24.5. The van der Waals surface area contributed by atoms with Gasteiger partial charge in [0.05, 0.1) is 25.4 Å². The highest BCUT2D eigenvalue weighted by Crippen LogP contribution is 2.17. The van der Waals surface area contributed by atoms with Gasteiger partial charge in [-0.25, -0.2) is 0 Å². The number of ether oxygens (including phenoxy) is 1. The molecule has 6 nitrogen and oxygen atoms in total. The molecule has 0 radical (unpaired) electrons. The molecule has 3 N–H and O–H groups in total. The summed E-state index contributed by atoms with van der Waals surface area (Å²) in [5.41, 5.74) is 0. The van der Waals surface area contributed by atoms with Crippen molar-refractivity contribution in [3.63, 3.8) is 0 Å².